The molecule has 1 aliphatic rings. The number of esters is 1. The van der Waals surface area contributed by atoms with Crippen molar-refractivity contribution in [1.29, 1.82) is 0 Å². The number of nitrogens with zero attached hydrogens (tertiary/aromatic N) is 1. The highest BCUT2D eigenvalue weighted by atomic mass is 16.5. The van der Waals surface area contributed by atoms with Gasteiger partial charge in [-0.1, -0.05) is 13.2 Å². The average Bonchev–Trinajstić information content (AvgIpc) is 2.24. The van der Waals surface area contributed by atoms with Crippen molar-refractivity contribution in [3.8, 4) is 0 Å². The molecule has 0 aliphatic carbocycles. The molecule has 0 spiro atoms. The quantitative estimate of drug-likeness (QED) is 0.589. The van der Waals surface area contributed by atoms with Crippen molar-refractivity contribution in [3.63, 3.8) is 0 Å². The first kappa shape index (κ1) is 16.5. The minimum atomic E-state index is -0.396. The summed E-state index contributed by atoms with van der Waals surface area (Å²) in [6, 6.07) is 0. The fourth-order valence-electron chi connectivity index (χ4n) is 3.21. The van der Waals surface area contributed by atoms with E-state index in [1.807, 2.05) is 32.6 Å². The third-order valence-corrected chi connectivity index (χ3v) is 3.68. The summed E-state index contributed by atoms with van der Waals surface area (Å²) in [5, 5.41) is 0. The highest BCUT2D eigenvalue weighted by Gasteiger charge is 2.48. The second-order valence-electron chi connectivity index (χ2n) is 6.72. The smallest absolute Gasteiger partial charge is 0.333 e. The van der Waals surface area contributed by atoms with Gasteiger partial charge in [-0.2, -0.15) is 0 Å². The first-order valence-electron chi connectivity index (χ1n) is 6.84. The Morgan fingerprint density at radius 3 is 2.00 bits per heavy atom. The van der Waals surface area contributed by atoms with Gasteiger partial charge in [0.1, 0.15) is 6.10 Å². The molecule has 1 aliphatic heterocycles. The van der Waals surface area contributed by atoms with Crippen molar-refractivity contribution in [2.45, 2.75) is 64.6 Å². The van der Waals surface area contributed by atoms with Crippen molar-refractivity contribution in [1.82, 2.24) is 4.90 Å². The zero-order valence-electron chi connectivity index (χ0n) is 13.2. The number of hydrogen-bond donors (Lipinski definition) is 0. The third kappa shape index (κ3) is 3.30. The van der Waals surface area contributed by atoms with Crippen LogP contribution in [0.15, 0.2) is 24.8 Å². The van der Waals surface area contributed by atoms with E-state index in [-0.39, 0.29) is 18.0 Å². The van der Waals surface area contributed by atoms with Gasteiger partial charge in [0, 0.05) is 29.5 Å². The molecule has 1 amide bonds. The van der Waals surface area contributed by atoms with Crippen LogP contribution in [-0.4, -0.2) is 34.0 Å². The van der Waals surface area contributed by atoms with Crippen LogP contribution in [0.2, 0.25) is 0 Å². The molecule has 0 saturated carbocycles. The molecule has 0 aromatic carbocycles. The van der Waals surface area contributed by atoms with E-state index in [1.165, 1.54) is 6.08 Å². The molecule has 0 aromatic rings. The SMILES string of the molecule is C=CC(=O)N1C(C)(C)CC(OC(=O)C(=C)C)CC1(C)C. The van der Waals surface area contributed by atoms with Gasteiger partial charge >= 0.3 is 5.97 Å². The van der Waals surface area contributed by atoms with Crippen molar-refractivity contribution in [3.05, 3.63) is 24.8 Å². The summed E-state index contributed by atoms with van der Waals surface area (Å²) in [4.78, 5) is 25.6. The zero-order valence-corrected chi connectivity index (χ0v) is 13.2. The van der Waals surface area contributed by atoms with Crippen LogP contribution in [0, 0.1) is 0 Å². The molecule has 112 valence electrons. The Morgan fingerprint density at radius 1 is 1.20 bits per heavy atom. The van der Waals surface area contributed by atoms with Crippen LogP contribution in [0.3, 0.4) is 0 Å². The number of hydrogen-bond acceptors (Lipinski definition) is 3. The van der Waals surface area contributed by atoms with E-state index in [4.69, 9.17) is 4.74 Å². The summed E-state index contributed by atoms with van der Waals surface area (Å²) < 4.78 is 5.48. The van der Waals surface area contributed by atoms with E-state index >= 15 is 0 Å². The van der Waals surface area contributed by atoms with Crippen LogP contribution in [0.5, 0.6) is 0 Å². The minimum absolute atomic E-state index is 0.0929. The summed E-state index contributed by atoms with van der Waals surface area (Å²) in [5.41, 5.74) is -0.398. The number of carbonyl (C=O) groups excluding carboxylic acids is 2. The maximum absolute atomic E-state index is 12.1. The monoisotopic (exact) mass is 279 g/mol. The van der Waals surface area contributed by atoms with E-state index in [1.54, 1.807) is 6.92 Å². The lowest BCUT2D eigenvalue weighted by atomic mass is 9.78. The molecule has 1 saturated heterocycles. The van der Waals surface area contributed by atoms with Crippen LogP contribution in [0.4, 0.5) is 0 Å². The molecule has 4 nitrogen and oxygen atoms in total. The van der Waals surface area contributed by atoms with Crippen molar-refractivity contribution >= 4 is 11.9 Å². The zero-order chi connectivity index (χ0) is 15.7. The summed E-state index contributed by atoms with van der Waals surface area (Å²) in [5.74, 6) is -0.463. The van der Waals surface area contributed by atoms with Gasteiger partial charge in [0.2, 0.25) is 5.91 Å². The Hall–Kier alpha value is -1.58. The van der Waals surface area contributed by atoms with Gasteiger partial charge in [0.25, 0.3) is 0 Å². The average molecular weight is 279 g/mol. The van der Waals surface area contributed by atoms with Gasteiger partial charge in [0.15, 0.2) is 0 Å². The predicted molar refractivity (Wildman–Crippen MR) is 79.1 cm³/mol. The van der Waals surface area contributed by atoms with Gasteiger partial charge in [-0.15, -0.1) is 0 Å². The molecule has 4 heteroatoms. The van der Waals surface area contributed by atoms with E-state index in [9.17, 15) is 9.59 Å². The summed E-state index contributed by atoms with van der Waals surface area (Å²) in [6.07, 6.45) is 2.34. The third-order valence-electron chi connectivity index (χ3n) is 3.68. The van der Waals surface area contributed by atoms with Gasteiger partial charge in [-0.25, -0.2) is 4.79 Å². The predicted octanol–water partition coefficient (Wildman–Crippen LogP) is 2.84. The Kier molecular flexibility index (Phi) is 4.47. The number of carbonyl (C=O) groups is 2. The lowest BCUT2D eigenvalue weighted by Crippen LogP contribution is -2.64. The maximum Gasteiger partial charge on any atom is 0.333 e. The van der Waals surface area contributed by atoms with Crippen molar-refractivity contribution < 1.29 is 14.3 Å². The standard InChI is InChI=1S/C16H25NO3/c1-8-13(18)17-15(4,5)9-12(10-16(17,6)7)20-14(19)11(2)3/h8,12H,1-2,9-10H2,3-7H3. The number of ether oxygens (including phenoxy) is 1. The molecule has 1 fully saturated rings. The summed E-state index contributed by atoms with van der Waals surface area (Å²) >= 11 is 0. The van der Waals surface area contributed by atoms with Gasteiger partial charge in [0.05, 0.1) is 0 Å². The normalized spacial score (nSPS) is 21.1. The Morgan fingerprint density at radius 2 is 1.65 bits per heavy atom. The first-order chi connectivity index (χ1) is 9.01. The minimum Gasteiger partial charge on any atom is -0.459 e. The highest BCUT2D eigenvalue weighted by molar-refractivity contribution is 5.88. The molecular formula is C16H25NO3. The number of likely N-dealkylation sites (tertiary alicyclic amines) is 1. The van der Waals surface area contributed by atoms with Crippen LogP contribution >= 0.6 is 0 Å². The van der Waals surface area contributed by atoms with Gasteiger partial charge in [-0.3, -0.25) is 4.79 Å². The molecule has 0 bridgehead atoms. The van der Waals surface area contributed by atoms with E-state index in [0.29, 0.717) is 18.4 Å². The fraction of sp³-hybridized carbons (Fsp3) is 0.625. The molecule has 0 atom stereocenters. The molecule has 1 heterocycles. The number of amides is 1. The van der Waals surface area contributed by atoms with E-state index < -0.39 is 11.1 Å². The Labute approximate surface area is 121 Å². The number of rotatable bonds is 3. The summed E-state index contributed by atoms with van der Waals surface area (Å²) in [7, 11) is 0. The maximum atomic E-state index is 12.1. The molecule has 0 unspecified atom stereocenters. The van der Waals surface area contributed by atoms with Crippen LogP contribution in [0.1, 0.15) is 47.5 Å². The first-order valence-corrected chi connectivity index (χ1v) is 6.84. The van der Waals surface area contributed by atoms with Crippen molar-refractivity contribution in [2.75, 3.05) is 0 Å². The second-order valence-corrected chi connectivity index (χ2v) is 6.72. The molecule has 0 aromatic heterocycles. The molecular weight excluding hydrogens is 254 g/mol. The van der Waals surface area contributed by atoms with Gasteiger partial charge < -0.3 is 9.64 Å². The highest BCUT2D eigenvalue weighted by Crippen LogP contribution is 2.39. The lowest BCUT2D eigenvalue weighted by Gasteiger charge is -2.54. The molecule has 20 heavy (non-hydrogen) atoms. The molecule has 1 rings (SSSR count). The van der Waals surface area contributed by atoms with Crippen molar-refractivity contribution in [2.24, 2.45) is 0 Å². The van der Waals surface area contributed by atoms with Crippen LogP contribution < -0.4 is 0 Å². The Bertz CT molecular complexity index is 431. The van der Waals surface area contributed by atoms with E-state index in [0.717, 1.165) is 0 Å². The largest absolute Gasteiger partial charge is 0.459 e. The van der Waals surface area contributed by atoms with Gasteiger partial charge in [-0.05, 0) is 40.7 Å². The molecule has 0 N–H and O–H groups in total. The number of piperidine rings is 1. The lowest BCUT2D eigenvalue weighted by molar-refractivity contribution is -0.162. The second kappa shape index (κ2) is 5.43. The topological polar surface area (TPSA) is 46.6 Å². The van der Waals surface area contributed by atoms with Crippen LogP contribution in [-0.2, 0) is 14.3 Å². The van der Waals surface area contributed by atoms with Crippen LogP contribution in [0.25, 0.3) is 0 Å². The van der Waals surface area contributed by atoms with E-state index in [2.05, 4.69) is 13.2 Å². The fourth-order valence-corrected chi connectivity index (χ4v) is 3.21. The Balaban J connectivity index is 2.98. The molecule has 0 radical (unpaired) electrons. The summed E-state index contributed by atoms with van der Waals surface area (Å²) in [6.45, 7) is 16.7.